The molecule has 1 amide bonds. The van der Waals surface area contributed by atoms with E-state index in [1.165, 1.54) is 0 Å². The maximum Gasteiger partial charge on any atom is 0.235 e. The van der Waals surface area contributed by atoms with Gasteiger partial charge in [0.05, 0.1) is 12.6 Å². The van der Waals surface area contributed by atoms with E-state index in [0.29, 0.717) is 6.54 Å². The number of hydrogen-bond acceptors (Lipinski definition) is 4. The summed E-state index contributed by atoms with van der Waals surface area (Å²) in [5, 5.41) is 12.3. The Hall–Kier alpha value is -0.650. The highest BCUT2D eigenvalue weighted by molar-refractivity contribution is 5.79. The van der Waals surface area contributed by atoms with Crippen LogP contribution in [0.15, 0.2) is 0 Å². The molecule has 0 heterocycles. The van der Waals surface area contributed by atoms with Gasteiger partial charge in [0.15, 0.2) is 0 Å². The van der Waals surface area contributed by atoms with Crippen LogP contribution >= 0.6 is 0 Å². The second kappa shape index (κ2) is 5.95. The smallest absolute Gasteiger partial charge is 0.235 e. The predicted molar refractivity (Wildman–Crippen MR) is 55.6 cm³/mol. The predicted octanol–water partition coefficient (Wildman–Crippen LogP) is -1.06. The minimum Gasteiger partial charge on any atom is -0.394 e. The Bertz CT molecular complexity index is 173. The van der Waals surface area contributed by atoms with E-state index < -0.39 is 11.9 Å². The van der Waals surface area contributed by atoms with Crippen LogP contribution in [0, 0.1) is 0 Å². The molecule has 0 saturated heterocycles. The van der Waals surface area contributed by atoms with Gasteiger partial charge < -0.3 is 21.9 Å². The van der Waals surface area contributed by atoms with Crippen LogP contribution in [0.4, 0.5) is 0 Å². The van der Waals surface area contributed by atoms with Crippen LogP contribution in [0.25, 0.3) is 0 Å². The van der Waals surface area contributed by atoms with Crippen molar-refractivity contribution in [1.29, 1.82) is 0 Å². The number of amides is 1. The van der Waals surface area contributed by atoms with Gasteiger partial charge in [0, 0.05) is 12.1 Å². The SMILES string of the molecule is CCC(CC)(CO)NCC(N)C(N)=O. The summed E-state index contributed by atoms with van der Waals surface area (Å²) in [4.78, 5) is 10.7. The maximum atomic E-state index is 10.7. The van der Waals surface area contributed by atoms with Crippen LogP contribution in [0.1, 0.15) is 26.7 Å². The largest absolute Gasteiger partial charge is 0.394 e. The zero-order valence-electron chi connectivity index (χ0n) is 8.92. The first-order chi connectivity index (χ1) is 6.51. The number of primary amides is 1. The number of carbonyl (C=O) groups is 1. The molecule has 84 valence electrons. The van der Waals surface area contributed by atoms with E-state index in [1.807, 2.05) is 13.8 Å². The fourth-order valence-electron chi connectivity index (χ4n) is 1.21. The minimum atomic E-state index is -0.695. The molecule has 0 aliphatic heterocycles. The van der Waals surface area contributed by atoms with Gasteiger partial charge in [-0.1, -0.05) is 13.8 Å². The standard InChI is InChI=1S/C9H21N3O2/c1-3-9(4-2,6-13)12-5-7(10)8(11)14/h7,12-13H,3-6,10H2,1-2H3,(H2,11,14). The molecule has 1 atom stereocenters. The molecule has 0 aromatic heterocycles. The fraction of sp³-hybridized carbons (Fsp3) is 0.889. The Morgan fingerprint density at radius 3 is 2.29 bits per heavy atom. The number of nitrogens with one attached hydrogen (secondary N) is 1. The summed E-state index contributed by atoms with van der Waals surface area (Å²) in [6, 6.07) is -0.695. The molecule has 6 N–H and O–H groups in total. The van der Waals surface area contributed by atoms with Crippen LogP contribution in [-0.4, -0.2) is 35.7 Å². The molecule has 0 saturated carbocycles. The molecule has 0 aromatic carbocycles. The summed E-state index contributed by atoms with van der Waals surface area (Å²) in [7, 11) is 0. The van der Waals surface area contributed by atoms with Crippen LogP contribution in [-0.2, 0) is 4.79 Å². The van der Waals surface area contributed by atoms with E-state index in [0.717, 1.165) is 12.8 Å². The number of rotatable bonds is 7. The lowest BCUT2D eigenvalue weighted by molar-refractivity contribution is -0.119. The summed E-state index contributed by atoms with van der Waals surface area (Å²) < 4.78 is 0. The summed E-state index contributed by atoms with van der Waals surface area (Å²) >= 11 is 0. The van der Waals surface area contributed by atoms with Gasteiger partial charge in [0.2, 0.25) is 5.91 Å². The first-order valence-electron chi connectivity index (χ1n) is 4.92. The van der Waals surface area contributed by atoms with Crippen molar-refractivity contribution in [1.82, 2.24) is 5.32 Å². The van der Waals surface area contributed by atoms with Crippen LogP contribution in [0.2, 0.25) is 0 Å². The second-order valence-electron chi connectivity index (χ2n) is 3.54. The lowest BCUT2D eigenvalue weighted by Gasteiger charge is -2.31. The average Bonchev–Trinajstić information content (AvgIpc) is 2.20. The Kier molecular flexibility index (Phi) is 5.68. The number of aliphatic hydroxyl groups excluding tert-OH is 1. The Morgan fingerprint density at radius 2 is 2.00 bits per heavy atom. The Morgan fingerprint density at radius 1 is 1.50 bits per heavy atom. The topological polar surface area (TPSA) is 101 Å². The zero-order chi connectivity index (χ0) is 11.2. The minimum absolute atomic E-state index is 0.0332. The zero-order valence-corrected chi connectivity index (χ0v) is 8.92. The van der Waals surface area contributed by atoms with E-state index in [2.05, 4.69) is 5.32 Å². The van der Waals surface area contributed by atoms with Crippen molar-refractivity contribution in [3.8, 4) is 0 Å². The van der Waals surface area contributed by atoms with Gasteiger partial charge in [0.25, 0.3) is 0 Å². The van der Waals surface area contributed by atoms with Crippen molar-refractivity contribution < 1.29 is 9.90 Å². The van der Waals surface area contributed by atoms with Gasteiger partial charge in [0.1, 0.15) is 0 Å². The molecule has 5 heteroatoms. The lowest BCUT2D eigenvalue weighted by atomic mass is 9.93. The summed E-state index contributed by atoms with van der Waals surface area (Å²) in [5.41, 5.74) is 10.2. The summed E-state index contributed by atoms with van der Waals surface area (Å²) in [5.74, 6) is -0.531. The second-order valence-corrected chi connectivity index (χ2v) is 3.54. The number of hydrogen-bond donors (Lipinski definition) is 4. The molecule has 14 heavy (non-hydrogen) atoms. The molecule has 0 bridgehead atoms. The van der Waals surface area contributed by atoms with Gasteiger partial charge in [-0.2, -0.15) is 0 Å². The van der Waals surface area contributed by atoms with Crippen LogP contribution in [0.3, 0.4) is 0 Å². The Balaban J connectivity index is 4.12. The van der Waals surface area contributed by atoms with Crippen molar-refractivity contribution in [2.75, 3.05) is 13.2 Å². The van der Waals surface area contributed by atoms with E-state index in [9.17, 15) is 9.90 Å². The highest BCUT2D eigenvalue weighted by Gasteiger charge is 2.25. The molecule has 0 aliphatic rings. The van der Waals surface area contributed by atoms with Crippen molar-refractivity contribution in [3.05, 3.63) is 0 Å². The molecule has 1 unspecified atom stereocenters. The monoisotopic (exact) mass is 203 g/mol. The quantitative estimate of drug-likeness (QED) is 0.423. The third kappa shape index (κ3) is 3.61. The van der Waals surface area contributed by atoms with Crippen LogP contribution in [0.5, 0.6) is 0 Å². The van der Waals surface area contributed by atoms with Gasteiger partial charge in [-0.15, -0.1) is 0 Å². The fourth-order valence-corrected chi connectivity index (χ4v) is 1.21. The van der Waals surface area contributed by atoms with E-state index >= 15 is 0 Å². The van der Waals surface area contributed by atoms with Crippen molar-refractivity contribution in [3.63, 3.8) is 0 Å². The molecule has 0 aliphatic carbocycles. The first-order valence-corrected chi connectivity index (χ1v) is 4.92. The molecular weight excluding hydrogens is 182 g/mol. The molecular formula is C9H21N3O2. The molecule has 0 aromatic rings. The third-order valence-electron chi connectivity index (χ3n) is 2.72. The van der Waals surface area contributed by atoms with Gasteiger partial charge >= 0.3 is 0 Å². The van der Waals surface area contributed by atoms with Crippen molar-refractivity contribution in [2.24, 2.45) is 11.5 Å². The van der Waals surface area contributed by atoms with Gasteiger partial charge in [-0.25, -0.2) is 0 Å². The first kappa shape index (κ1) is 13.4. The highest BCUT2D eigenvalue weighted by atomic mass is 16.3. The maximum absolute atomic E-state index is 10.7. The molecule has 0 fully saturated rings. The van der Waals surface area contributed by atoms with Crippen molar-refractivity contribution >= 4 is 5.91 Å². The summed E-state index contributed by atoms with van der Waals surface area (Å²) in [6.07, 6.45) is 1.57. The van der Waals surface area contributed by atoms with Gasteiger partial charge in [-0.05, 0) is 12.8 Å². The molecule has 5 nitrogen and oxygen atoms in total. The molecule has 0 radical (unpaired) electrons. The van der Waals surface area contributed by atoms with E-state index in [1.54, 1.807) is 0 Å². The lowest BCUT2D eigenvalue weighted by Crippen LogP contribution is -2.54. The third-order valence-corrected chi connectivity index (χ3v) is 2.72. The Labute approximate surface area is 84.8 Å². The molecule has 0 spiro atoms. The molecule has 0 rings (SSSR count). The van der Waals surface area contributed by atoms with Crippen molar-refractivity contribution in [2.45, 2.75) is 38.3 Å². The van der Waals surface area contributed by atoms with Crippen LogP contribution < -0.4 is 16.8 Å². The average molecular weight is 203 g/mol. The normalized spacial score (nSPS) is 14.0. The number of aliphatic hydroxyl groups is 1. The van der Waals surface area contributed by atoms with Gasteiger partial charge in [-0.3, -0.25) is 4.79 Å². The number of carbonyl (C=O) groups excluding carboxylic acids is 1. The van der Waals surface area contributed by atoms with E-state index in [-0.39, 0.29) is 12.1 Å². The summed E-state index contributed by atoms with van der Waals surface area (Å²) in [6.45, 7) is 4.29. The number of nitrogens with two attached hydrogens (primary N) is 2. The highest BCUT2D eigenvalue weighted by Crippen LogP contribution is 2.13. The van der Waals surface area contributed by atoms with E-state index in [4.69, 9.17) is 11.5 Å².